The summed E-state index contributed by atoms with van der Waals surface area (Å²) < 4.78 is 66.7. The van der Waals surface area contributed by atoms with Crippen LogP contribution in [0.15, 0.2) is 47.4 Å². The first-order valence-corrected chi connectivity index (χ1v) is 10.7. The van der Waals surface area contributed by atoms with Gasteiger partial charge < -0.3 is 4.90 Å². The molecule has 2 aromatic rings. The molecular formula is C19H18ClF3N2O3S. The molecule has 1 fully saturated rings. The average Bonchev–Trinajstić information content (AvgIpc) is 2.67. The number of piperidine rings is 1. The van der Waals surface area contributed by atoms with Crippen LogP contribution in [0.3, 0.4) is 0 Å². The normalized spacial score (nSPS) is 15.2. The number of amides is 1. The number of benzene rings is 2. The SMILES string of the molecule is O=C(c1ccccc1NS(=O)(=O)c1cc(C(F)(F)F)ccc1Cl)N1CCCCC1. The van der Waals surface area contributed by atoms with E-state index in [1.165, 1.54) is 18.2 Å². The third kappa shape index (κ3) is 4.84. The van der Waals surface area contributed by atoms with Crippen molar-refractivity contribution in [3.05, 3.63) is 58.6 Å². The van der Waals surface area contributed by atoms with Crippen molar-refractivity contribution in [2.75, 3.05) is 17.8 Å². The summed E-state index contributed by atoms with van der Waals surface area (Å²) in [7, 11) is -4.47. The number of hydrogen-bond donors (Lipinski definition) is 1. The van der Waals surface area contributed by atoms with Crippen molar-refractivity contribution in [2.45, 2.75) is 30.3 Å². The van der Waals surface area contributed by atoms with Crippen LogP contribution in [0.4, 0.5) is 18.9 Å². The molecule has 5 nitrogen and oxygen atoms in total. The maximum atomic E-state index is 13.0. The topological polar surface area (TPSA) is 66.5 Å². The molecular weight excluding hydrogens is 429 g/mol. The zero-order valence-electron chi connectivity index (χ0n) is 15.2. The van der Waals surface area contributed by atoms with Crippen LogP contribution < -0.4 is 4.72 Å². The Labute approximate surface area is 171 Å². The summed E-state index contributed by atoms with van der Waals surface area (Å²) in [6.07, 6.45) is -1.98. The second kappa shape index (κ2) is 8.23. The van der Waals surface area contributed by atoms with Crippen molar-refractivity contribution in [2.24, 2.45) is 0 Å². The molecule has 1 aliphatic heterocycles. The predicted octanol–water partition coefficient (Wildman–Crippen LogP) is 4.79. The van der Waals surface area contributed by atoms with Gasteiger partial charge in [-0.1, -0.05) is 23.7 Å². The van der Waals surface area contributed by atoms with Gasteiger partial charge in [-0.05, 0) is 49.6 Å². The standard InChI is InChI=1S/C19H18ClF3N2O3S/c20-15-9-8-13(19(21,22)23)12-17(15)29(27,28)24-16-7-3-2-6-14(16)18(26)25-10-4-1-5-11-25/h2-3,6-9,12,24H,1,4-5,10-11H2. The summed E-state index contributed by atoms with van der Waals surface area (Å²) in [5.41, 5.74) is -1.03. The molecule has 0 spiro atoms. The van der Waals surface area contributed by atoms with E-state index in [1.807, 2.05) is 0 Å². The molecule has 1 N–H and O–H groups in total. The highest BCUT2D eigenvalue weighted by Crippen LogP contribution is 2.34. The van der Waals surface area contributed by atoms with Gasteiger partial charge in [-0.25, -0.2) is 8.42 Å². The molecule has 0 aromatic heterocycles. The lowest BCUT2D eigenvalue weighted by Gasteiger charge is -2.27. The Hall–Kier alpha value is -2.26. The lowest BCUT2D eigenvalue weighted by Crippen LogP contribution is -2.36. The highest BCUT2D eigenvalue weighted by molar-refractivity contribution is 7.92. The van der Waals surface area contributed by atoms with Gasteiger partial charge in [0.05, 0.1) is 21.8 Å². The number of sulfonamides is 1. The number of carbonyl (C=O) groups excluding carboxylic acids is 1. The first-order valence-electron chi connectivity index (χ1n) is 8.87. The third-order valence-corrected chi connectivity index (χ3v) is 6.44. The number of halogens is 4. The van der Waals surface area contributed by atoms with E-state index in [1.54, 1.807) is 11.0 Å². The Morgan fingerprint density at radius 1 is 1.03 bits per heavy atom. The van der Waals surface area contributed by atoms with Gasteiger partial charge >= 0.3 is 6.18 Å². The van der Waals surface area contributed by atoms with E-state index < -0.39 is 26.7 Å². The van der Waals surface area contributed by atoms with Crippen molar-refractivity contribution < 1.29 is 26.4 Å². The van der Waals surface area contributed by atoms with E-state index in [4.69, 9.17) is 11.6 Å². The first kappa shape index (κ1) is 21.4. The molecule has 0 radical (unpaired) electrons. The molecule has 0 aliphatic carbocycles. The van der Waals surface area contributed by atoms with Crippen LogP contribution in [0.5, 0.6) is 0 Å². The lowest BCUT2D eigenvalue weighted by atomic mass is 10.1. The summed E-state index contributed by atoms with van der Waals surface area (Å²) in [5, 5.41) is -0.356. The Balaban J connectivity index is 1.95. The summed E-state index contributed by atoms with van der Waals surface area (Å²) in [6.45, 7) is 1.14. The van der Waals surface area contributed by atoms with E-state index in [2.05, 4.69) is 4.72 Å². The van der Waals surface area contributed by atoms with Crippen molar-refractivity contribution in [1.82, 2.24) is 4.90 Å². The molecule has 1 amide bonds. The predicted molar refractivity (Wildman–Crippen MR) is 103 cm³/mol. The minimum absolute atomic E-state index is 0.0171. The van der Waals surface area contributed by atoms with Gasteiger partial charge in [-0.15, -0.1) is 0 Å². The number of alkyl halides is 3. The smallest absolute Gasteiger partial charge is 0.339 e. The monoisotopic (exact) mass is 446 g/mol. The molecule has 1 saturated heterocycles. The van der Waals surface area contributed by atoms with Crippen molar-refractivity contribution in [1.29, 1.82) is 0 Å². The van der Waals surface area contributed by atoms with Crippen molar-refractivity contribution in [3.63, 3.8) is 0 Å². The maximum Gasteiger partial charge on any atom is 0.416 e. The van der Waals surface area contributed by atoms with Gasteiger partial charge in [0.15, 0.2) is 0 Å². The Kier molecular flexibility index (Phi) is 6.09. The Morgan fingerprint density at radius 2 is 1.69 bits per heavy atom. The number of nitrogens with one attached hydrogen (secondary N) is 1. The summed E-state index contributed by atoms with van der Waals surface area (Å²) in [6, 6.07) is 8.03. The summed E-state index contributed by atoms with van der Waals surface area (Å²) in [5.74, 6) is -0.335. The minimum Gasteiger partial charge on any atom is -0.339 e. The van der Waals surface area contributed by atoms with Gasteiger partial charge in [0.2, 0.25) is 0 Å². The quantitative estimate of drug-likeness (QED) is 0.734. The molecule has 0 saturated carbocycles. The van der Waals surface area contributed by atoms with Crippen LogP contribution in [0.25, 0.3) is 0 Å². The fraction of sp³-hybridized carbons (Fsp3) is 0.316. The second-order valence-electron chi connectivity index (χ2n) is 6.65. The number of para-hydroxylation sites is 1. The van der Waals surface area contributed by atoms with Crippen LogP contribution in [-0.2, 0) is 16.2 Å². The second-order valence-corrected chi connectivity index (χ2v) is 8.70. The van der Waals surface area contributed by atoms with Crippen LogP contribution in [-0.4, -0.2) is 32.3 Å². The first-order chi connectivity index (χ1) is 13.6. The van der Waals surface area contributed by atoms with Crippen LogP contribution >= 0.6 is 11.6 Å². The largest absolute Gasteiger partial charge is 0.416 e. The van der Waals surface area contributed by atoms with E-state index in [9.17, 15) is 26.4 Å². The van der Waals surface area contributed by atoms with Gasteiger partial charge in [-0.3, -0.25) is 9.52 Å². The molecule has 1 aliphatic rings. The van der Waals surface area contributed by atoms with Crippen molar-refractivity contribution >= 4 is 33.2 Å². The van der Waals surface area contributed by atoms with Gasteiger partial charge in [-0.2, -0.15) is 13.2 Å². The van der Waals surface area contributed by atoms with E-state index in [0.29, 0.717) is 25.2 Å². The molecule has 2 aromatic carbocycles. The maximum absolute atomic E-state index is 13.0. The number of nitrogens with zero attached hydrogens (tertiary/aromatic N) is 1. The summed E-state index contributed by atoms with van der Waals surface area (Å²) in [4.78, 5) is 13.7. The summed E-state index contributed by atoms with van der Waals surface area (Å²) >= 11 is 5.86. The van der Waals surface area contributed by atoms with Gasteiger partial charge in [0.1, 0.15) is 4.90 Å². The molecule has 156 valence electrons. The fourth-order valence-electron chi connectivity index (χ4n) is 3.11. The molecule has 0 bridgehead atoms. The minimum atomic E-state index is -4.73. The van der Waals surface area contributed by atoms with E-state index >= 15 is 0 Å². The lowest BCUT2D eigenvalue weighted by molar-refractivity contribution is -0.137. The van der Waals surface area contributed by atoms with Gasteiger partial charge in [0, 0.05) is 13.1 Å². The molecule has 0 unspecified atom stereocenters. The third-order valence-electron chi connectivity index (χ3n) is 4.59. The van der Waals surface area contributed by atoms with Crippen LogP contribution in [0.2, 0.25) is 5.02 Å². The molecule has 10 heteroatoms. The fourth-order valence-corrected chi connectivity index (χ4v) is 4.72. The Bertz CT molecular complexity index is 1020. The van der Waals surface area contributed by atoms with E-state index in [-0.39, 0.29) is 22.2 Å². The zero-order valence-corrected chi connectivity index (χ0v) is 16.7. The van der Waals surface area contributed by atoms with E-state index in [0.717, 1.165) is 25.3 Å². The highest BCUT2D eigenvalue weighted by Gasteiger charge is 2.33. The number of likely N-dealkylation sites (tertiary alicyclic amines) is 1. The molecule has 3 rings (SSSR count). The molecule has 0 atom stereocenters. The molecule has 1 heterocycles. The number of rotatable bonds is 4. The zero-order chi connectivity index (χ0) is 21.2. The number of carbonyl (C=O) groups is 1. The average molecular weight is 447 g/mol. The van der Waals surface area contributed by atoms with Gasteiger partial charge in [0.25, 0.3) is 15.9 Å². The molecule has 29 heavy (non-hydrogen) atoms. The van der Waals surface area contributed by atoms with Crippen LogP contribution in [0.1, 0.15) is 35.2 Å². The van der Waals surface area contributed by atoms with Crippen molar-refractivity contribution in [3.8, 4) is 0 Å². The number of hydrogen-bond acceptors (Lipinski definition) is 3. The number of anilines is 1. The Morgan fingerprint density at radius 3 is 2.34 bits per heavy atom. The van der Waals surface area contributed by atoms with Crippen LogP contribution in [0, 0.1) is 0 Å². The highest BCUT2D eigenvalue weighted by atomic mass is 35.5.